The molecule has 0 spiro atoms. The number of aliphatic hydroxyl groups excluding tert-OH is 1. The molecule has 2 heterocycles. The zero-order valence-corrected chi connectivity index (χ0v) is 12.9. The molecule has 2 rings (SSSR count). The Kier molecular flexibility index (Phi) is 5.45. The summed E-state index contributed by atoms with van der Waals surface area (Å²) in [5.41, 5.74) is 0.802. The van der Waals surface area contributed by atoms with Gasteiger partial charge in [-0.2, -0.15) is 0 Å². The monoisotopic (exact) mass is 298 g/mol. The third-order valence-electron chi connectivity index (χ3n) is 3.55. The molecule has 0 bridgehead atoms. The van der Waals surface area contributed by atoms with Crippen molar-refractivity contribution in [1.82, 2.24) is 19.4 Å². The minimum absolute atomic E-state index is 0.0505. The van der Waals surface area contributed by atoms with E-state index in [1.165, 1.54) is 11.5 Å². The van der Waals surface area contributed by atoms with Crippen molar-refractivity contribution in [2.24, 2.45) is 0 Å². The Bertz CT molecular complexity index is 449. The Morgan fingerprint density at radius 3 is 2.85 bits per heavy atom. The lowest BCUT2D eigenvalue weighted by Crippen LogP contribution is -2.36. The first-order valence-corrected chi connectivity index (χ1v) is 7.85. The summed E-state index contributed by atoms with van der Waals surface area (Å²) in [6.07, 6.45) is 0.939. The summed E-state index contributed by atoms with van der Waals surface area (Å²) in [7, 11) is 0. The Morgan fingerprint density at radius 2 is 2.15 bits per heavy atom. The molecule has 0 saturated carbocycles. The number of aromatic nitrogens is 2. The molecule has 0 unspecified atom stereocenters. The lowest BCUT2D eigenvalue weighted by molar-refractivity contribution is 0.0763. The predicted octanol–water partition coefficient (Wildman–Crippen LogP) is 0.802. The molecule has 6 nitrogen and oxygen atoms in total. The van der Waals surface area contributed by atoms with E-state index < -0.39 is 0 Å². The highest BCUT2D eigenvalue weighted by atomic mass is 32.1. The molecule has 1 aromatic rings. The minimum Gasteiger partial charge on any atom is -0.395 e. The average molecular weight is 298 g/mol. The summed E-state index contributed by atoms with van der Waals surface area (Å²) in [4.78, 5) is 17.4. The number of hydrogen-bond donors (Lipinski definition) is 1. The molecule has 1 aliphatic heterocycles. The molecule has 0 radical (unpaired) electrons. The van der Waals surface area contributed by atoms with E-state index in [0.29, 0.717) is 18.0 Å². The summed E-state index contributed by atoms with van der Waals surface area (Å²) >= 11 is 1.19. The van der Waals surface area contributed by atoms with Gasteiger partial charge in [-0.3, -0.25) is 9.69 Å². The van der Waals surface area contributed by atoms with E-state index in [0.717, 1.165) is 31.7 Å². The van der Waals surface area contributed by atoms with E-state index in [1.807, 2.05) is 18.7 Å². The van der Waals surface area contributed by atoms with Crippen LogP contribution in [0.3, 0.4) is 0 Å². The van der Waals surface area contributed by atoms with Crippen molar-refractivity contribution in [2.45, 2.75) is 26.2 Å². The van der Waals surface area contributed by atoms with Crippen LogP contribution in [-0.4, -0.2) is 69.7 Å². The van der Waals surface area contributed by atoms with E-state index in [9.17, 15) is 4.79 Å². The fourth-order valence-electron chi connectivity index (χ4n) is 2.41. The van der Waals surface area contributed by atoms with Crippen molar-refractivity contribution in [3.63, 3.8) is 0 Å². The molecule has 1 aliphatic rings. The summed E-state index contributed by atoms with van der Waals surface area (Å²) in [5, 5.41) is 13.1. The van der Waals surface area contributed by atoms with Crippen molar-refractivity contribution in [3.05, 3.63) is 10.6 Å². The van der Waals surface area contributed by atoms with Gasteiger partial charge in [-0.25, -0.2) is 0 Å². The molecule has 1 fully saturated rings. The van der Waals surface area contributed by atoms with Gasteiger partial charge in [-0.1, -0.05) is 18.3 Å². The van der Waals surface area contributed by atoms with Crippen molar-refractivity contribution in [3.8, 4) is 0 Å². The van der Waals surface area contributed by atoms with Crippen LogP contribution in [-0.2, 0) is 0 Å². The first-order valence-electron chi connectivity index (χ1n) is 7.08. The molecule has 1 amide bonds. The minimum atomic E-state index is 0.0505. The molecule has 0 aliphatic carbocycles. The number of amides is 1. The van der Waals surface area contributed by atoms with Gasteiger partial charge in [-0.05, 0) is 30.4 Å². The molecule has 112 valence electrons. The zero-order chi connectivity index (χ0) is 14.5. The Hall–Kier alpha value is -1.05. The van der Waals surface area contributed by atoms with Crippen LogP contribution < -0.4 is 0 Å². The maximum absolute atomic E-state index is 12.6. The molecule has 0 atom stereocenters. The third-order valence-corrected chi connectivity index (χ3v) is 4.28. The van der Waals surface area contributed by atoms with Gasteiger partial charge in [0, 0.05) is 26.2 Å². The summed E-state index contributed by atoms with van der Waals surface area (Å²) in [5.74, 6) is 0.264. The van der Waals surface area contributed by atoms with E-state index in [-0.39, 0.29) is 18.4 Å². The quantitative estimate of drug-likeness (QED) is 0.890. The maximum Gasteiger partial charge on any atom is 0.267 e. The Balaban J connectivity index is 2.04. The standard InChI is InChI=1S/C13H22N4O2S/c1-10(2)11-12(20-15-14-11)13(19)17-5-3-4-16(6-7-17)8-9-18/h10,18H,3-9H2,1-2H3. The number of β-amino-alcohol motifs (C(OH)–C–C–N with tert-alkyl or cyclic N) is 1. The first kappa shape index (κ1) is 15.3. The molecular weight excluding hydrogens is 276 g/mol. The predicted molar refractivity (Wildman–Crippen MR) is 78.0 cm³/mol. The molecule has 0 aromatic carbocycles. The normalized spacial score (nSPS) is 17.5. The Labute approximate surface area is 123 Å². The van der Waals surface area contributed by atoms with Crippen LogP contribution >= 0.6 is 11.5 Å². The van der Waals surface area contributed by atoms with Gasteiger partial charge in [0.1, 0.15) is 4.88 Å². The van der Waals surface area contributed by atoms with Gasteiger partial charge in [-0.15, -0.1) is 5.10 Å². The van der Waals surface area contributed by atoms with E-state index in [2.05, 4.69) is 14.5 Å². The average Bonchev–Trinajstić information content (AvgIpc) is 2.80. The van der Waals surface area contributed by atoms with Crippen molar-refractivity contribution < 1.29 is 9.90 Å². The lowest BCUT2D eigenvalue weighted by Gasteiger charge is -2.21. The number of aliphatic hydroxyl groups is 1. The van der Waals surface area contributed by atoms with Gasteiger partial charge in [0.05, 0.1) is 12.3 Å². The first-order chi connectivity index (χ1) is 9.63. The molecule has 20 heavy (non-hydrogen) atoms. The van der Waals surface area contributed by atoms with Crippen LogP contribution in [0.1, 0.15) is 41.6 Å². The maximum atomic E-state index is 12.6. The Morgan fingerprint density at radius 1 is 1.35 bits per heavy atom. The van der Waals surface area contributed by atoms with Crippen LogP contribution in [0, 0.1) is 0 Å². The fourth-order valence-corrected chi connectivity index (χ4v) is 3.19. The lowest BCUT2D eigenvalue weighted by atomic mass is 10.1. The molecule has 1 aromatic heterocycles. The second-order valence-electron chi connectivity index (χ2n) is 5.35. The number of hydrogen-bond acceptors (Lipinski definition) is 6. The highest BCUT2D eigenvalue weighted by Crippen LogP contribution is 2.22. The molecular formula is C13H22N4O2S. The van der Waals surface area contributed by atoms with Crippen molar-refractivity contribution in [1.29, 1.82) is 0 Å². The molecule has 1 saturated heterocycles. The molecule has 7 heteroatoms. The van der Waals surface area contributed by atoms with Crippen molar-refractivity contribution >= 4 is 17.4 Å². The van der Waals surface area contributed by atoms with Gasteiger partial charge in [0.25, 0.3) is 5.91 Å². The number of rotatable bonds is 4. The van der Waals surface area contributed by atoms with E-state index in [4.69, 9.17) is 5.11 Å². The van der Waals surface area contributed by atoms with Gasteiger partial charge in [0.2, 0.25) is 0 Å². The van der Waals surface area contributed by atoms with E-state index >= 15 is 0 Å². The van der Waals surface area contributed by atoms with Crippen LogP contribution in [0.5, 0.6) is 0 Å². The fraction of sp³-hybridized carbons (Fsp3) is 0.769. The van der Waals surface area contributed by atoms with Crippen molar-refractivity contribution in [2.75, 3.05) is 39.3 Å². The SMILES string of the molecule is CC(C)c1nnsc1C(=O)N1CCCN(CCO)CC1. The van der Waals surface area contributed by atoms with Gasteiger partial charge < -0.3 is 10.0 Å². The summed E-state index contributed by atoms with van der Waals surface area (Å²) in [6.45, 7) is 8.12. The largest absolute Gasteiger partial charge is 0.395 e. The summed E-state index contributed by atoms with van der Waals surface area (Å²) in [6, 6.07) is 0. The van der Waals surface area contributed by atoms with Crippen LogP contribution in [0.15, 0.2) is 0 Å². The third kappa shape index (κ3) is 3.53. The molecule has 1 N–H and O–H groups in total. The van der Waals surface area contributed by atoms with Crippen LogP contribution in [0.4, 0.5) is 0 Å². The smallest absolute Gasteiger partial charge is 0.267 e. The number of carbonyl (C=O) groups is 1. The van der Waals surface area contributed by atoms with Gasteiger partial charge >= 0.3 is 0 Å². The summed E-state index contributed by atoms with van der Waals surface area (Å²) < 4.78 is 3.93. The second-order valence-corrected chi connectivity index (χ2v) is 6.11. The van der Waals surface area contributed by atoms with Crippen LogP contribution in [0.2, 0.25) is 0 Å². The highest BCUT2D eigenvalue weighted by molar-refractivity contribution is 7.08. The topological polar surface area (TPSA) is 69.6 Å². The van der Waals surface area contributed by atoms with E-state index in [1.54, 1.807) is 0 Å². The van der Waals surface area contributed by atoms with Crippen LogP contribution in [0.25, 0.3) is 0 Å². The number of carbonyl (C=O) groups excluding carboxylic acids is 1. The van der Waals surface area contributed by atoms with Gasteiger partial charge in [0.15, 0.2) is 0 Å². The number of nitrogens with zero attached hydrogens (tertiary/aromatic N) is 4. The second kappa shape index (κ2) is 7.10. The zero-order valence-electron chi connectivity index (χ0n) is 12.1. The highest BCUT2D eigenvalue weighted by Gasteiger charge is 2.25.